The van der Waals surface area contributed by atoms with E-state index in [4.69, 9.17) is 0 Å². The Morgan fingerprint density at radius 2 is 1.89 bits per heavy atom. The van der Waals surface area contributed by atoms with Gasteiger partial charge in [0.15, 0.2) is 9.84 Å². The number of carbonyl (C=O) groups is 2. The number of sulfone groups is 1. The number of anilines is 2. The Morgan fingerprint density at radius 1 is 1.14 bits per heavy atom. The summed E-state index contributed by atoms with van der Waals surface area (Å²) in [5.74, 6) is -1.21. The van der Waals surface area contributed by atoms with E-state index in [0.29, 0.717) is 22.6 Å². The Kier molecular flexibility index (Phi) is 6.04. The Balaban J connectivity index is 1.79. The maximum atomic E-state index is 14.1. The van der Waals surface area contributed by atoms with Gasteiger partial charge in [-0.3, -0.25) is 9.59 Å². The first-order chi connectivity index (χ1) is 13.2. The Hall–Kier alpha value is -2.39. The van der Waals surface area contributed by atoms with E-state index in [0.717, 1.165) is 6.07 Å². The number of rotatable bonds is 5. The van der Waals surface area contributed by atoms with Crippen molar-refractivity contribution in [3.8, 4) is 0 Å². The SMILES string of the molecule is CC(=O)Nc1ccc(F)c(NC(=O)c2ccccc2SC2CCS(=O)(=O)C2)c1. The van der Waals surface area contributed by atoms with Gasteiger partial charge in [-0.25, -0.2) is 12.8 Å². The minimum atomic E-state index is -3.02. The zero-order valence-corrected chi connectivity index (χ0v) is 16.7. The van der Waals surface area contributed by atoms with Gasteiger partial charge in [-0.1, -0.05) is 12.1 Å². The van der Waals surface area contributed by atoms with Gasteiger partial charge in [-0.2, -0.15) is 0 Å². The summed E-state index contributed by atoms with van der Waals surface area (Å²) < 4.78 is 37.4. The number of halogens is 1. The van der Waals surface area contributed by atoms with Crippen molar-refractivity contribution < 1.29 is 22.4 Å². The average Bonchev–Trinajstić information content (AvgIpc) is 2.96. The third kappa shape index (κ3) is 5.11. The molecule has 0 aromatic heterocycles. The molecule has 28 heavy (non-hydrogen) atoms. The lowest BCUT2D eigenvalue weighted by atomic mass is 10.2. The maximum absolute atomic E-state index is 14.1. The van der Waals surface area contributed by atoms with E-state index in [-0.39, 0.29) is 28.4 Å². The molecule has 1 fully saturated rings. The van der Waals surface area contributed by atoms with Crippen LogP contribution in [0, 0.1) is 5.82 Å². The summed E-state index contributed by atoms with van der Waals surface area (Å²) in [6, 6.07) is 10.7. The van der Waals surface area contributed by atoms with Crippen LogP contribution in [0.3, 0.4) is 0 Å². The second-order valence-electron chi connectivity index (χ2n) is 6.47. The molecule has 0 saturated carbocycles. The molecule has 2 aromatic carbocycles. The van der Waals surface area contributed by atoms with Gasteiger partial charge < -0.3 is 10.6 Å². The molecule has 1 saturated heterocycles. The number of nitrogens with one attached hydrogen (secondary N) is 2. The number of amides is 2. The molecule has 0 aliphatic carbocycles. The van der Waals surface area contributed by atoms with E-state index in [9.17, 15) is 22.4 Å². The third-order valence-electron chi connectivity index (χ3n) is 4.15. The molecule has 0 bridgehead atoms. The molecule has 1 aliphatic rings. The minimum Gasteiger partial charge on any atom is -0.326 e. The van der Waals surface area contributed by atoms with E-state index in [1.165, 1.54) is 30.8 Å². The lowest BCUT2D eigenvalue weighted by Crippen LogP contribution is -2.15. The van der Waals surface area contributed by atoms with Gasteiger partial charge in [0.25, 0.3) is 5.91 Å². The van der Waals surface area contributed by atoms with Gasteiger partial charge in [-0.15, -0.1) is 11.8 Å². The second kappa shape index (κ2) is 8.32. The van der Waals surface area contributed by atoms with Crippen LogP contribution in [-0.4, -0.2) is 37.0 Å². The molecule has 6 nitrogen and oxygen atoms in total. The quantitative estimate of drug-likeness (QED) is 0.771. The number of carbonyl (C=O) groups excluding carboxylic acids is 2. The number of benzene rings is 2. The van der Waals surface area contributed by atoms with Crippen LogP contribution < -0.4 is 10.6 Å². The van der Waals surface area contributed by atoms with Crippen LogP contribution in [0.1, 0.15) is 23.7 Å². The lowest BCUT2D eigenvalue weighted by molar-refractivity contribution is -0.114. The summed E-state index contributed by atoms with van der Waals surface area (Å²) in [4.78, 5) is 24.5. The molecule has 3 rings (SSSR count). The Bertz CT molecular complexity index is 1020. The van der Waals surface area contributed by atoms with E-state index in [1.54, 1.807) is 24.3 Å². The molecule has 2 N–H and O–H groups in total. The van der Waals surface area contributed by atoms with Crippen molar-refractivity contribution in [2.45, 2.75) is 23.5 Å². The van der Waals surface area contributed by atoms with Crippen molar-refractivity contribution in [3.05, 3.63) is 53.8 Å². The van der Waals surface area contributed by atoms with Crippen LogP contribution >= 0.6 is 11.8 Å². The van der Waals surface area contributed by atoms with E-state index in [2.05, 4.69) is 10.6 Å². The van der Waals surface area contributed by atoms with Gasteiger partial charge in [-0.05, 0) is 36.8 Å². The zero-order chi connectivity index (χ0) is 20.3. The highest BCUT2D eigenvalue weighted by atomic mass is 32.2. The van der Waals surface area contributed by atoms with E-state index >= 15 is 0 Å². The monoisotopic (exact) mass is 422 g/mol. The van der Waals surface area contributed by atoms with Crippen LogP contribution in [0.15, 0.2) is 47.4 Å². The van der Waals surface area contributed by atoms with Crippen molar-refractivity contribution in [1.29, 1.82) is 0 Å². The second-order valence-corrected chi connectivity index (χ2v) is 10.0. The Labute approximate surface area is 166 Å². The topological polar surface area (TPSA) is 92.3 Å². The summed E-state index contributed by atoms with van der Waals surface area (Å²) in [7, 11) is -3.02. The van der Waals surface area contributed by atoms with Crippen molar-refractivity contribution in [2.24, 2.45) is 0 Å². The predicted octanol–water partition coefficient (Wildman–Crippen LogP) is 3.32. The van der Waals surface area contributed by atoms with Crippen LogP contribution in [-0.2, 0) is 14.6 Å². The van der Waals surface area contributed by atoms with Crippen LogP contribution in [0.25, 0.3) is 0 Å². The van der Waals surface area contributed by atoms with Crippen molar-refractivity contribution in [1.82, 2.24) is 0 Å². The summed E-state index contributed by atoms with van der Waals surface area (Å²) in [6.45, 7) is 1.33. The smallest absolute Gasteiger partial charge is 0.256 e. The van der Waals surface area contributed by atoms with Gasteiger partial charge >= 0.3 is 0 Å². The molecule has 2 aromatic rings. The van der Waals surface area contributed by atoms with E-state index in [1.807, 2.05) is 0 Å². The molecule has 2 amide bonds. The van der Waals surface area contributed by atoms with Crippen molar-refractivity contribution >= 4 is 44.8 Å². The van der Waals surface area contributed by atoms with Gasteiger partial charge in [0.05, 0.1) is 22.8 Å². The highest BCUT2D eigenvalue weighted by Crippen LogP contribution is 2.33. The molecular formula is C19H19FN2O4S2. The molecule has 1 unspecified atom stereocenters. The van der Waals surface area contributed by atoms with Gasteiger partial charge in [0, 0.05) is 22.8 Å². The summed E-state index contributed by atoms with van der Waals surface area (Å²) in [5, 5.41) is 4.95. The molecule has 148 valence electrons. The molecule has 0 spiro atoms. The molecule has 1 atom stereocenters. The van der Waals surface area contributed by atoms with Crippen LogP contribution in [0.2, 0.25) is 0 Å². The fraction of sp³-hybridized carbons (Fsp3) is 0.263. The van der Waals surface area contributed by atoms with Gasteiger partial charge in [0.2, 0.25) is 5.91 Å². The summed E-state index contributed by atoms with van der Waals surface area (Å²) in [5.41, 5.74) is 0.642. The molecular weight excluding hydrogens is 403 g/mol. The number of hydrogen-bond donors (Lipinski definition) is 2. The highest BCUT2D eigenvalue weighted by Gasteiger charge is 2.29. The first-order valence-corrected chi connectivity index (χ1v) is 11.3. The highest BCUT2D eigenvalue weighted by molar-refractivity contribution is 8.02. The molecule has 1 aliphatic heterocycles. The molecule has 9 heteroatoms. The predicted molar refractivity (Wildman–Crippen MR) is 108 cm³/mol. The fourth-order valence-corrected chi connectivity index (χ4v) is 6.51. The van der Waals surface area contributed by atoms with Crippen molar-refractivity contribution in [3.63, 3.8) is 0 Å². The summed E-state index contributed by atoms with van der Waals surface area (Å²) >= 11 is 1.34. The standard InChI is InChI=1S/C19H19FN2O4S2/c1-12(23)21-13-6-7-16(20)17(10-13)22-19(24)15-4-2-3-5-18(15)27-14-8-9-28(25,26)11-14/h2-7,10,14H,8-9,11H2,1H3,(H,21,23)(H,22,24). The third-order valence-corrected chi connectivity index (χ3v) is 7.48. The average molecular weight is 423 g/mol. The zero-order valence-electron chi connectivity index (χ0n) is 15.1. The molecule has 0 radical (unpaired) electrons. The Morgan fingerprint density at radius 3 is 2.57 bits per heavy atom. The first kappa shape index (κ1) is 20.3. The minimum absolute atomic E-state index is 0.0560. The van der Waals surface area contributed by atoms with Crippen molar-refractivity contribution in [2.75, 3.05) is 22.1 Å². The largest absolute Gasteiger partial charge is 0.326 e. The van der Waals surface area contributed by atoms with E-state index < -0.39 is 21.6 Å². The maximum Gasteiger partial charge on any atom is 0.256 e. The fourth-order valence-electron chi connectivity index (χ4n) is 2.88. The number of hydrogen-bond acceptors (Lipinski definition) is 5. The first-order valence-electron chi connectivity index (χ1n) is 8.58. The number of thioether (sulfide) groups is 1. The molecule has 1 heterocycles. The van der Waals surface area contributed by atoms with Crippen LogP contribution in [0.5, 0.6) is 0 Å². The summed E-state index contributed by atoms with van der Waals surface area (Å²) in [6.07, 6.45) is 0.538. The normalized spacial score (nSPS) is 17.9. The van der Waals surface area contributed by atoms with Gasteiger partial charge in [0.1, 0.15) is 5.82 Å². The van der Waals surface area contributed by atoms with Crippen LogP contribution in [0.4, 0.5) is 15.8 Å². The lowest BCUT2D eigenvalue weighted by Gasteiger charge is -2.13.